The number of thioether (sulfide) groups is 1. The van der Waals surface area contributed by atoms with E-state index >= 15 is 0 Å². The minimum absolute atomic E-state index is 0.227. The van der Waals surface area contributed by atoms with Crippen LogP contribution in [0.4, 0.5) is 5.69 Å². The summed E-state index contributed by atoms with van der Waals surface area (Å²) < 4.78 is 42.3. The fraction of sp³-hybridized carbons (Fsp3) is 0.312. The van der Waals surface area contributed by atoms with Crippen molar-refractivity contribution >= 4 is 54.9 Å². The van der Waals surface area contributed by atoms with Crippen molar-refractivity contribution in [2.45, 2.75) is 61.5 Å². The molecule has 41 heavy (non-hydrogen) atoms. The second-order valence-electron chi connectivity index (χ2n) is 11.4. The van der Waals surface area contributed by atoms with E-state index in [1.54, 1.807) is 48.3 Å². The molecule has 1 aliphatic heterocycles. The predicted molar refractivity (Wildman–Crippen MR) is 170 cm³/mol. The van der Waals surface area contributed by atoms with Crippen LogP contribution in [0.2, 0.25) is 0 Å². The Labute approximate surface area is 249 Å². The molecule has 5 rings (SSSR count). The summed E-state index contributed by atoms with van der Waals surface area (Å²) in [6.07, 6.45) is 4.18. The summed E-state index contributed by atoms with van der Waals surface area (Å²) in [5, 5.41) is 10.2. The number of aliphatic imine (C=N–C) groups is 1. The molecule has 1 aromatic heterocycles. The monoisotopic (exact) mass is 603 g/mol. The number of hydrogen-bond acceptors (Lipinski definition) is 6. The highest BCUT2D eigenvalue weighted by molar-refractivity contribution is 7.98. The number of aryl methyl sites for hydroxylation is 2. The van der Waals surface area contributed by atoms with Gasteiger partial charge in [0.1, 0.15) is 0 Å². The van der Waals surface area contributed by atoms with E-state index in [4.69, 9.17) is 4.99 Å². The maximum atomic E-state index is 13.8. The summed E-state index contributed by atoms with van der Waals surface area (Å²) in [4.78, 5) is 6.23. The lowest BCUT2D eigenvalue weighted by atomic mass is 9.89. The second kappa shape index (κ2) is 10.9. The molecule has 0 amide bonds. The van der Waals surface area contributed by atoms with Gasteiger partial charge >= 0.3 is 0 Å². The maximum Gasteiger partial charge on any atom is 0.268 e. The lowest BCUT2D eigenvalue weighted by Gasteiger charge is -2.26. The number of hydrogen-bond donors (Lipinski definition) is 0. The molecule has 0 spiro atoms. The van der Waals surface area contributed by atoms with E-state index in [1.165, 1.54) is 3.97 Å². The normalized spacial score (nSPS) is 14.9. The van der Waals surface area contributed by atoms with Crippen LogP contribution in [0.1, 0.15) is 54.5 Å². The van der Waals surface area contributed by atoms with E-state index in [1.807, 2.05) is 65.1 Å². The third-order valence-electron chi connectivity index (χ3n) is 7.52. The molecular formula is C32H33N3O3S3. The Morgan fingerprint density at radius 1 is 1.10 bits per heavy atom. The Morgan fingerprint density at radius 3 is 2.44 bits per heavy atom. The molecule has 0 N–H and O–H groups in total. The van der Waals surface area contributed by atoms with Gasteiger partial charge in [-0.1, -0.05) is 17.7 Å². The third-order valence-corrected chi connectivity index (χ3v) is 12.0. The number of benzene rings is 3. The second-order valence-corrected chi connectivity index (χ2v) is 16.3. The standard InChI is InChI=1S/C32H33N3O3S3/c1-20-7-10-24(11-8-20)41(37,38)35-14-13-25-30(29(39-6)15-21(2)31(25)35)26(19-40(36)32(3,4)5)28-17-23-16-22(18-33)9-12-27(23)34-28/h7-16,26H,17,19H2,1-6H3. The topological polar surface area (TPSA) is 92.3 Å². The Morgan fingerprint density at radius 2 is 1.80 bits per heavy atom. The SMILES string of the molecule is CSc1cc(C)c2c(ccn2S(=O)(=O)c2ccc(C)cc2)c1C(CS(=O)C(C)(C)C)C1=Nc2ccc(C#N)cc2C1. The molecule has 3 aromatic carbocycles. The van der Waals surface area contributed by atoms with Crippen molar-refractivity contribution in [2.75, 3.05) is 12.0 Å². The van der Waals surface area contributed by atoms with Crippen LogP contribution in [-0.4, -0.2) is 39.1 Å². The van der Waals surface area contributed by atoms with Crippen LogP contribution in [0.15, 0.2) is 75.6 Å². The highest BCUT2D eigenvalue weighted by atomic mass is 32.2. The lowest BCUT2D eigenvalue weighted by Crippen LogP contribution is -2.30. The Balaban J connectivity index is 1.73. The van der Waals surface area contributed by atoms with Crippen LogP contribution in [0.25, 0.3) is 10.9 Å². The first-order chi connectivity index (χ1) is 19.3. The average Bonchev–Trinajstić information content (AvgIpc) is 3.56. The van der Waals surface area contributed by atoms with Crippen molar-refractivity contribution in [1.29, 1.82) is 5.26 Å². The van der Waals surface area contributed by atoms with Crippen molar-refractivity contribution < 1.29 is 12.6 Å². The fourth-order valence-corrected chi connectivity index (χ4v) is 8.63. The molecule has 212 valence electrons. The van der Waals surface area contributed by atoms with E-state index in [-0.39, 0.29) is 10.8 Å². The zero-order valence-electron chi connectivity index (χ0n) is 24.1. The first-order valence-corrected chi connectivity index (χ1v) is 17.3. The zero-order chi connectivity index (χ0) is 29.7. The van der Waals surface area contributed by atoms with Gasteiger partial charge in [-0.3, -0.25) is 9.20 Å². The zero-order valence-corrected chi connectivity index (χ0v) is 26.5. The molecule has 2 atom stereocenters. The first kappa shape index (κ1) is 29.3. The van der Waals surface area contributed by atoms with Gasteiger partial charge in [-0.25, -0.2) is 12.4 Å². The van der Waals surface area contributed by atoms with Gasteiger partial charge in [0.2, 0.25) is 0 Å². The van der Waals surface area contributed by atoms with E-state index < -0.39 is 25.6 Å². The van der Waals surface area contributed by atoms with Gasteiger partial charge in [0, 0.05) is 55.8 Å². The molecule has 0 fully saturated rings. The van der Waals surface area contributed by atoms with E-state index in [2.05, 4.69) is 6.07 Å². The van der Waals surface area contributed by atoms with Crippen LogP contribution in [0.5, 0.6) is 0 Å². The van der Waals surface area contributed by atoms with Crippen molar-refractivity contribution in [2.24, 2.45) is 4.99 Å². The Hall–Kier alpha value is -3.19. The average molecular weight is 604 g/mol. The molecule has 4 aromatic rings. The summed E-state index contributed by atoms with van der Waals surface area (Å²) >= 11 is 1.60. The van der Waals surface area contributed by atoms with Crippen LogP contribution in [0.3, 0.4) is 0 Å². The van der Waals surface area contributed by atoms with Crippen molar-refractivity contribution in [3.63, 3.8) is 0 Å². The molecule has 9 heteroatoms. The number of fused-ring (bicyclic) bond motifs is 2. The molecule has 1 aliphatic rings. The Kier molecular flexibility index (Phi) is 7.79. The van der Waals surface area contributed by atoms with Crippen LogP contribution in [0, 0.1) is 25.2 Å². The third kappa shape index (κ3) is 5.41. The van der Waals surface area contributed by atoms with E-state index in [9.17, 15) is 17.9 Å². The lowest BCUT2D eigenvalue weighted by molar-refractivity contribution is 0.589. The predicted octanol–water partition coefficient (Wildman–Crippen LogP) is 7.05. The maximum absolute atomic E-state index is 13.8. The summed E-state index contributed by atoms with van der Waals surface area (Å²) in [5.41, 5.74) is 6.64. The van der Waals surface area contributed by atoms with E-state index in [0.717, 1.165) is 43.9 Å². The molecule has 2 heterocycles. The molecule has 6 nitrogen and oxygen atoms in total. The summed E-state index contributed by atoms with van der Waals surface area (Å²) in [5.74, 6) is 0.0414. The van der Waals surface area contributed by atoms with Crippen LogP contribution in [-0.2, 0) is 27.2 Å². The number of rotatable bonds is 7. The van der Waals surface area contributed by atoms with Gasteiger partial charge < -0.3 is 0 Å². The number of nitriles is 1. The quantitative estimate of drug-likeness (QED) is 0.211. The molecule has 0 saturated carbocycles. The smallest absolute Gasteiger partial charge is 0.259 e. The number of nitrogens with zero attached hydrogens (tertiary/aromatic N) is 3. The summed E-state index contributed by atoms with van der Waals surface area (Å²) in [6, 6.07) is 18.5. The minimum Gasteiger partial charge on any atom is -0.259 e. The highest BCUT2D eigenvalue weighted by Gasteiger charge is 2.34. The van der Waals surface area contributed by atoms with Crippen LogP contribution >= 0.6 is 11.8 Å². The van der Waals surface area contributed by atoms with Crippen LogP contribution < -0.4 is 0 Å². The van der Waals surface area contributed by atoms with Gasteiger partial charge in [0.25, 0.3) is 10.0 Å². The Bertz CT molecular complexity index is 1870. The van der Waals surface area contributed by atoms with Crippen molar-refractivity contribution in [3.05, 3.63) is 88.6 Å². The highest BCUT2D eigenvalue weighted by Crippen LogP contribution is 2.42. The molecular weight excluding hydrogens is 571 g/mol. The van der Waals surface area contributed by atoms with E-state index in [0.29, 0.717) is 23.3 Å². The van der Waals surface area contributed by atoms with Crippen molar-refractivity contribution in [3.8, 4) is 6.07 Å². The molecule has 0 aliphatic carbocycles. The van der Waals surface area contributed by atoms with Gasteiger partial charge in [-0.15, -0.1) is 11.8 Å². The summed E-state index contributed by atoms with van der Waals surface area (Å²) in [6.45, 7) is 9.76. The van der Waals surface area contributed by atoms with Crippen molar-refractivity contribution in [1.82, 2.24) is 3.97 Å². The van der Waals surface area contributed by atoms with Gasteiger partial charge in [-0.05, 0) is 100 Å². The largest absolute Gasteiger partial charge is 0.268 e. The molecule has 2 unspecified atom stereocenters. The van der Waals surface area contributed by atoms with Gasteiger partial charge in [0.05, 0.1) is 27.7 Å². The minimum atomic E-state index is -3.85. The molecule has 0 saturated heterocycles. The summed E-state index contributed by atoms with van der Waals surface area (Å²) in [7, 11) is -5.05. The molecule has 0 bridgehead atoms. The molecule has 0 radical (unpaired) electrons. The van der Waals surface area contributed by atoms with Gasteiger partial charge in [0.15, 0.2) is 0 Å². The fourth-order valence-electron chi connectivity index (χ4n) is 5.29. The number of aromatic nitrogens is 1. The van der Waals surface area contributed by atoms with Gasteiger partial charge in [-0.2, -0.15) is 5.26 Å². The first-order valence-electron chi connectivity index (χ1n) is 13.3.